The quantitative estimate of drug-likeness (QED) is 0.805. The lowest BCUT2D eigenvalue weighted by molar-refractivity contribution is -0.246. The Labute approximate surface area is 152 Å². The molecule has 0 aliphatic heterocycles. The predicted molar refractivity (Wildman–Crippen MR) is 88.1 cm³/mol. The van der Waals surface area contributed by atoms with Gasteiger partial charge in [0.05, 0.1) is 11.6 Å². The van der Waals surface area contributed by atoms with Crippen LogP contribution in [0.2, 0.25) is 5.02 Å². The van der Waals surface area contributed by atoms with E-state index in [9.17, 15) is 23.1 Å². The van der Waals surface area contributed by atoms with Crippen molar-refractivity contribution in [2.24, 2.45) is 0 Å². The Kier molecular flexibility index (Phi) is 4.62. The van der Waals surface area contributed by atoms with Gasteiger partial charge in [0.15, 0.2) is 6.61 Å². The Morgan fingerprint density at radius 1 is 1.23 bits per heavy atom. The third-order valence-corrected chi connectivity index (χ3v) is 4.41. The van der Waals surface area contributed by atoms with Crippen molar-refractivity contribution in [3.8, 4) is 16.9 Å². The van der Waals surface area contributed by atoms with Gasteiger partial charge in [-0.25, -0.2) is 4.79 Å². The van der Waals surface area contributed by atoms with Crippen molar-refractivity contribution >= 4 is 17.6 Å². The third kappa shape index (κ3) is 2.81. The SMILES string of the molecule is CCOC(=O)COc1cc(Cl)c2c(c1)[C@@](O)(C(F)(F)F)c1ccccc1-2. The number of rotatable bonds is 4. The number of fused-ring (bicyclic) bond motifs is 3. The van der Waals surface area contributed by atoms with E-state index >= 15 is 0 Å². The van der Waals surface area contributed by atoms with E-state index in [1.165, 1.54) is 24.3 Å². The minimum absolute atomic E-state index is 0.0195. The van der Waals surface area contributed by atoms with Gasteiger partial charge in [-0.2, -0.15) is 13.2 Å². The highest BCUT2D eigenvalue weighted by molar-refractivity contribution is 6.34. The number of esters is 1. The van der Waals surface area contributed by atoms with Gasteiger partial charge in [-0.15, -0.1) is 0 Å². The van der Waals surface area contributed by atoms with E-state index < -0.39 is 29.9 Å². The number of carbonyl (C=O) groups is 1. The molecule has 4 nitrogen and oxygen atoms in total. The smallest absolute Gasteiger partial charge is 0.425 e. The van der Waals surface area contributed by atoms with Crippen molar-refractivity contribution < 1.29 is 32.5 Å². The number of alkyl halides is 3. The van der Waals surface area contributed by atoms with E-state index in [0.29, 0.717) is 0 Å². The van der Waals surface area contributed by atoms with E-state index in [2.05, 4.69) is 0 Å². The Balaban J connectivity index is 2.10. The number of hydrogen-bond acceptors (Lipinski definition) is 4. The summed E-state index contributed by atoms with van der Waals surface area (Å²) in [6.45, 7) is 1.28. The van der Waals surface area contributed by atoms with Gasteiger partial charge in [0, 0.05) is 16.7 Å². The van der Waals surface area contributed by atoms with Crippen LogP contribution in [-0.2, 0) is 15.1 Å². The van der Waals surface area contributed by atoms with Crippen LogP contribution in [0.25, 0.3) is 11.1 Å². The average Bonchev–Trinajstić information content (AvgIpc) is 2.84. The monoisotopic (exact) mass is 386 g/mol. The number of ether oxygens (including phenoxy) is 2. The van der Waals surface area contributed by atoms with E-state index in [1.807, 2.05) is 0 Å². The average molecular weight is 387 g/mol. The molecule has 0 aromatic heterocycles. The highest BCUT2D eigenvalue weighted by Gasteiger charge is 2.61. The molecule has 0 heterocycles. The Hall–Kier alpha value is -2.25. The first kappa shape index (κ1) is 18.5. The summed E-state index contributed by atoms with van der Waals surface area (Å²) in [6.07, 6.45) is -4.97. The molecule has 1 atom stereocenters. The van der Waals surface area contributed by atoms with Gasteiger partial charge in [0.1, 0.15) is 5.75 Å². The van der Waals surface area contributed by atoms with Crippen molar-refractivity contribution in [1.29, 1.82) is 0 Å². The number of benzene rings is 2. The van der Waals surface area contributed by atoms with Crippen molar-refractivity contribution in [3.63, 3.8) is 0 Å². The summed E-state index contributed by atoms with van der Waals surface area (Å²) < 4.78 is 51.2. The fraction of sp³-hybridized carbons (Fsp3) is 0.278. The lowest BCUT2D eigenvalue weighted by Crippen LogP contribution is -2.41. The molecule has 0 amide bonds. The van der Waals surface area contributed by atoms with E-state index in [-0.39, 0.29) is 34.1 Å². The topological polar surface area (TPSA) is 55.8 Å². The number of halogens is 4. The zero-order valence-corrected chi connectivity index (χ0v) is 14.3. The lowest BCUT2D eigenvalue weighted by atomic mass is 9.90. The van der Waals surface area contributed by atoms with Crippen LogP contribution in [-0.4, -0.2) is 30.5 Å². The van der Waals surface area contributed by atoms with Crippen LogP contribution >= 0.6 is 11.6 Å². The minimum atomic E-state index is -4.97. The molecule has 0 saturated carbocycles. The van der Waals surface area contributed by atoms with Crippen molar-refractivity contribution in [1.82, 2.24) is 0 Å². The van der Waals surface area contributed by atoms with E-state index in [1.54, 1.807) is 13.0 Å². The largest absolute Gasteiger partial charge is 0.482 e. The fourth-order valence-corrected chi connectivity index (χ4v) is 3.35. The third-order valence-electron chi connectivity index (χ3n) is 4.11. The van der Waals surface area contributed by atoms with Crippen LogP contribution in [0.3, 0.4) is 0 Å². The van der Waals surface area contributed by atoms with Crippen LogP contribution in [0.15, 0.2) is 36.4 Å². The van der Waals surface area contributed by atoms with Gasteiger partial charge < -0.3 is 14.6 Å². The molecule has 1 N–H and O–H groups in total. The van der Waals surface area contributed by atoms with Gasteiger partial charge in [0.25, 0.3) is 0 Å². The summed E-state index contributed by atoms with van der Waals surface area (Å²) in [5.74, 6) is -0.740. The molecule has 0 unspecified atom stereocenters. The molecule has 0 bridgehead atoms. The molecule has 1 aliphatic carbocycles. The van der Waals surface area contributed by atoms with Crippen LogP contribution in [0.1, 0.15) is 18.1 Å². The molecule has 8 heteroatoms. The molecule has 138 valence electrons. The Bertz CT molecular complexity index is 866. The number of carbonyl (C=O) groups excluding carboxylic acids is 1. The van der Waals surface area contributed by atoms with Gasteiger partial charge >= 0.3 is 12.1 Å². The summed E-state index contributed by atoms with van der Waals surface area (Å²) in [4.78, 5) is 11.4. The second-order valence-electron chi connectivity index (χ2n) is 5.68. The van der Waals surface area contributed by atoms with Crippen molar-refractivity contribution in [3.05, 3.63) is 52.5 Å². The Morgan fingerprint density at radius 3 is 2.58 bits per heavy atom. The van der Waals surface area contributed by atoms with Gasteiger partial charge in [-0.3, -0.25) is 0 Å². The molecule has 1 aliphatic rings. The highest BCUT2D eigenvalue weighted by atomic mass is 35.5. The maximum atomic E-state index is 13.8. The van der Waals surface area contributed by atoms with Crippen LogP contribution in [0, 0.1) is 0 Å². The maximum Gasteiger partial charge on any atom is 0.425 e. The second kappa shape index (κ2) is 6.48. The first-order valence-electron chi connectivity index (χ1n) is 7.71. The summed E-state index contributed by atoms with van der Waals surface area (Å²) in [7, 11) is 0. The van der Waals surface area contributed by atoms with Gasteiger partial charge in [0.2, 0.25) is 5.60 Å². The van der Waals surface area contributed by atoms with Crippen molar-refractivity contribution in [2.45, 2.75) is 18.7 Å². The molecule has 2 aromatic rings. The maximum absolute atomic E-state index is 13.8. The number of hydrogen-bond donors (Lipinski definition) is 1. The van der Waals surface area contributed by atoms with Crippen LogP contribution in [0.4, 0.5) is 13.2 Å². The predicted octanol–water partition coefficient (Wildman–Crippen LogP) is 4.06. The molecule has 2 aromatic carbocycles. The van der Waals surface area contributed by atoms with Gasteiger partial charge in [-0.05, 0) is 24.6 Å². The van der Waals surface area contributed by atoms with Crippen LogP contribution in [0.5, 0.6) is 5.75 Å². The molecule has 26 heavy (non-hydrogen) atoms. The molecular weight excluding hydrogens is 373 g/mol. The Morgan fingerprint density at radius 2 is 1.92 bits per heavy atom. The minimum Gasteiger partial charge on any atom is -0.482 e. The summed E-state index contributed by atoms with van der Waals surface area (Å²) >= 11 is 6.18. The standard InChI is InChI=1S/C18H14ClF3O4/c1-2-25-15(23)9-26-10-7-13-16(14(19)8-10)11-5-3-4-6-12(11)17(13,24)18(20,21)22/h3-8,24H,2,9H2,1H3/t17-/m1/s1. The fourth-order valence-electron chi connectivity index (χ4n) is 3.04. The normalized spacial score (nSPS) is 18.2. The molecule has 0 saturated heterocycles. The van der Waals surface area contributed by atoms with E-state index in [0.717, 1.165) is 6.07 Å². The summed E-state index contributed by atoms with van der Waals surface area (Å²) in [5, 5.41) is 10.6. The zero-order valence-electron chi connectivity index (χ0n) is 13.6. The first-order valence-corrected chi connectivity index (χ1v) is 8.09. The molecule has 0 fully saturated rings. The van der Waals surface area contributed by atoms with E-state index in [4.69, 9.17) is 21.1 Å². The molecule has 3 rings (SSSR count). The molecule has 0 spiro atoms. The summed E-state index contributed by atoms with van der Waals surface area (Å²) in [6, 6.07) is 7.99. The molecular formula is C18H14ClF3O4. The highest BCUT2D eigenvalue weighted by Crippen LogP contribution is 2.57. The van der Waals surface area contributed by atoms with Crippen molar-refractivity contribution in [2.75, 3.05) is 13.2 Å². The number of aliphatic hydroxyl groups is 1. The lowest BCUT2D eigenvalue weighted by Gasteiger charge is -2.28. The second-order valence-corrected chi connectivity index (χ2v) is 6.08. The first-order chi connectivity index (χ1) is 12.2. The molecule has 0 radical (unpaired) electrons. The summed E-state index contributed by atoms with van der Waals surface area (Å²) in [5.41, 5.74) is -3.66. The van der Waals surface area contributed by atoms with Gasteiger partial charge in [-0.1, -0.05) is 35.9 Å². The zero-order chi connectivity index (χ0) is 19.1. The van der Waals surface area contributed by atoms with Crippen LogP contribution < -0.4 is 4.74 Å².